The van der Waals surface area contributed by atoms with E-state index in [4.69, 9.17) is 4.74 Å². The second-order valence-corrected chi connectivity index (χ2v) is 13.5. The fourth-order valence-corrected chi connectivity index (χ4v) is 5.19. The van der Waals surface area contributed by atoms with Crippen LogP contribution in [-0.4, -0.2) is 49.2 Å². The van der Waals surface area contributed by atoms with Crippen LogP contribution in [0.5, 0.6) is 0 Å². The minimum Gasteiger partial charge on any atom is -0.458 e. The summed E-state index contributed by atoms with van der Waals surface area (Å²) in [5.41, 5.74) is 0.510. The number of aromatic nitrogens is 1. The van der Waals surface area contributed by atoms with Gasteiger partial charge in [0, 0.05) is 15.2 Å². The number of aliphatic hydroxyl groups is 2. The molecule has 2 N–H and O–H groups in total. The lowest BCUT2D eigenvalue weighted by Gasteiger charge is -2.34. The Morgan fingerprint density at radius 1 is 1.23 bits per heavy atom. The Kier molecular flexibility index (Phi) is 13.6. The molecule has 0 saturated heterocycles. The molecule has 1 aromatic rings. The molecule has 1 aromatic heterocycles. The van der Waals surface area contributed by atoms with Crippen LogP contribution in [0.1, 0.15) is 91.3 Å². The van der Waals surface area contributed by atoms with Gasteiger partial charge in [-0.3, -0.25) is 9.59 Å². The highest BCUT2D eigenvalue weighted by Crippen LogP contribution is 2.32. The maximum Gasteiger partial charge on any atom is 0.309 e. The summed E-state index contributed by atoms with van der Waals surface area (Å²) in [7, 11) is 0. The van der Waals surface area contributed by atoms with Crippen molar-refractivity contribution in [2.45, 2.75) is 110 Å². The van der Waals surface area contributed by atoms with E-state index in [1.165, 1.54) is 0 Å². The summed E-state index contributed by atoms with van der Waals surface area (Å²) >= 11 is 3.95. The number of nitrogens with zero attached hydrogens (tertiary/aromatic N) is 1. The van der Waals surface area contributed by atoms with Gasteiger partial charge < -0.3 is 14.9 Å². The second kappa shape index (κ2) is 14.8. The van der Waals surface area contributed by atoms with Crippen molar-refractivity contribution in [2.24, 2.45) is 17.3 Å². The average Bonchev–Trinajstić information content (AvgIpc) is 3.19. The van der Waals surface area contributed by atoms with Gasteiger partial charge in [-0.1, -0.05) is 70.6 Å². The molecule has 0 saturated carbocycles. The Morgan fingerprint density at radius 3 is 2.37 bits per heavy atom. The average molecular weight is 622 g/mol. The Bertz CT molecular complexity index is 850. The molecule has 1 rings (SSSR count). The van der Waals surface area contributed by atoms with E-state index in [2.05, 4.69) is 34.5 Å². The SMILES string of the molecule is CCC(OC(=O)C[C@H](O)C(C)(C)C(=O)[C@H](C)C(O)[C@@H](C)CCC[C@@H](C)I)/C(C)=C/c1csc(C)n1. The lowest BCUT2D eigenvalue weighted by molar-refractivity contribution is -0.154. The van der Waals surface area contributed by atoms with E-state index in [0.717, 1.165) is 35.5 Å². The van der Waals surface area contributed by atoms with Gasteiger partial charge in [-0.15, -0.1) is 11.3 Å². The Morgan fingerprint density at radius 2 is 1.86 bits per heavy atom. The molecule has 0 aliphatic heterocycles. The van der Waals surface area contributed by atoms with Crippen molar-refractivity contribution in [1.82, 2.24) is 4.98 Å². The standard InChI is InChI=1S/C27H44INO5S/c1-9-22(17(3)13-21-15-35-20(6)29-21)34-24(31)14-23(30)27(7,8)26(33)19(5)25(32)16(2)11-10-12-18(4)28/h13,15-16,18-19,22-23,25,30,32H,9-12,14H2,1-8H3/b17-13+/t16-,18+,19+,22?,23-,25?/m0/s1. The van der Waals surface area contributed by atoms with Crippen molar-refractivity contribution in [3.8, 4) is 0 Å². The number of aryl methyl sites for hydroxylation is 1. The summed E-state index contributed by atoms with van der Waals surface area (Å²) in [6.07, 6.45) is 2.68. The first-order chi connectivity index (χ1) is 16.2. The number of carbonyl (C=O) groups excluding carboxylic acids is 2. The van der Waals surface area contributed by atoms with Gasteiger partial charge in [-0.2, -0.15) is 0 Å². The van der Waals surface area contributed by atoms with Crippen LogP contribution < -0.4 is 0 Å². The lowest BCUT2D eigenvalue weighted by Crippen LogP contribution is -2.45. The first-order valence-electron chi connectivity index (χ1n) is 12.5. The van der Waals surface area contributed by atoms with Crippen LogP contribution in [0.2, 0.25) is 0 Å². The zero-order valence-electron chi connectivity index (χ0n) is 22.5. The summed E-state index contributed by atoms with van der Waals surface area (Å²) in [5, 5.41) is 24.5. The van der Waals surface area contributed by atoms with Crippen molar-refractivity contribution in [1.29, 1.82) is 0 Å². The number of thiazole rings is 1. The third kappa shape index (κ3) is 10.2. The number of ketones is 1. The zero-order valence-corrected chi connectivity index (χ0v) is 25.5. The number of ether oxygens (including phenoxy) is 1. The van der Waals surface area contributed by atoms with E-state index in [0.29, 0.717) is 10.3 Å². The molecule has 35 heavy (non-hydrogen) atoms. The quantitative estimate of drug-likeness (QED) is 0.139. The number of alkyl halides is 1. The van der Waals surface area contributed by atoms with E-state index in [1.807, 2.05) is 39.2 Å². The number of aliphatic hydroxyl groups excluding tert-OH is 2. The third-order valence-corrected chi connectivity index (χ3v) is 8.18. The van der Waals surface area contributed by atoms with Crippen LogP contribution >= 0.6 is 33.9 Å². The first kappa shape index (κ1) is 32.2. The van der Waals surface area contributed by atoms with Gasteiger partial charge >= 0.3 is 5.97 Å². The number of hydrogen-bond acceptors (Lipinski definition) is 7. The highest BCUT2D eigenvalue weighted by molar-refractivity contribution is 14.1. The van der Waals surface area contributed by atoms with E-state index < -0.39 is 35.6 Å². The van der Waals surface area contributed by atoms with Gasteiger partial charge in [-0.05, 0) is 50.7 Å². The molecule has 0 fully saturated rings. The summed E-state index contributed by atoms with van der Waals surface area (Å²) in [6.45, 7) is 14.8. The number of esters is 1. The summed E-state index contributed by atoms with van der Waals surface area (Å²) in [5.74, 6) is -1.47. The summed E-state index contributed by atoms with van der Waals surface area (Å²) in [6, 6.07) is 0. The summed E-state index contributed by atoms with van der Waals surface area (Å²) < 4.78 is 6.22. The van der Waals surface area contributed by atoms with E-state index in [9.17, 15) is 19.8 Å². The van der Waals surface area contributed by atoms with Crippen LogP contribution in [0.3, 0.4) is 0 Å². The third-order valence-electron chi connectivity index (χ3n) is 6.76. The number of rotatable bonds is 15. The number of hydrogen-bond donors (Lipinski definition) is 2. The summed E-state index contributed by atoms with van der Waals surface area (Å²) in [4.78, 5) is 30.3. The zero-order chi connectivity index (χ0) is 26.9. The second-order valence-electron chi connectivity index (χ2n) is 10.3. The van der Waals surface area contributed by atoms with Crippen LogP contribution in [0.25, 0.3) is 6.08 Å². The molecule has 0 radical (unpaired) electrons. The highest BCUT2D eigenvalue weighted by atomic mass is 127. The highest BCUT2D eigenvalue weighted by Gasteiger charge is 2.42. The molecule has 200 valence electrons. The van der Waals surface area contributed by atoms with Crippen LogP contribution in [0, 0.1) is 24.2 Å². The van der Waals surface area contributed by atoms with Gasteiger partial charge in [-0.25, -0.2) is 4.98 Å². The maximum atomic E-state index is 13.2. The van der Waals surface area contributed by atoms with Crippen molar-refractivity contribution in [3.63, 3.8) is 0 Å². The molecule has 0 amide bonds. The van der Waals surface area contributed by atoms with Gasteiger partial charge in [0.05, 0.1) is 34.7 Å². The molecular formula is C27H44INO5S. The van der Waals surface area contributed by atoms with Crippen LogP contribution in [0.4, 0.5) is 0 Å². The fraction of sp³-hybridized carbons (Fsp3) is 0.741. The number of carbonyl (C=O) groups is 2. The minimum absolute atomic E-state index is 0.0245. The monoisotopic (exact) mass is 621 g/mol. The van der Waals surface area contributed by atoms with Gasteiger partial charge in [0.15, 0.2) is 0 Å². The molecule has 8 heteroatoms. The molecule has 2 unspecified atom stereocenters. The van der Waals surface area contributed by atoms with Crippen molar-refractivity contribution in [3.05, 3.63) is 21.7 Å². The smallest absolute Gasteiger partial charge is 0.309 e. The predicted octanol–water partition coefficient (Wildman–Crippen LogP) is 6.15. The Labute approximate surface area is 229 Å². The van der Waals surface area contributed by atoms with Crippen molar-refractivity contribution < 1.29 is 24.5 Å². The predicted molar refractivity (Wildman–Crippen MR) is 152 cm³/mol. The van der Waals surface area contributed by atoms with E-state index >= 15 is 0 Å². The van der Waals surface area contributed by atoms with Crippen LogP contribution in [-0.2, 0) is 14.3 Å². The van der Waals surface area contributed by atoms with Crippen molar-refractivity contribution in [2.75, 3.05) is 0 Å². The van der Waals surface area contributed by atoms with E-state index in [1.54, 1.807) is 32.1 Å². The maximum absolute atomic E-state index is 13.2. The minimum atomic E-state index is -1.21. The molecule has 0 bridgehead atoms. The van der Waals surface area contributed by atoms with Crippen molar-refractivity contribution >= 4 is 51.8 Å². The Hall–Kier alpha value is -0.840. The molecular weight excluding hydrogens is 577 g/mol. The van der Waals surface area contributed by atoms with Gasteiger partial charge in [0.1, 0.15) is 11.9 Å². The molecule has 0 aliphatic rings. The molecule has 1 heterocycles. The molecule has 0 aromatic carbocycles. The number of halogens is 1. The topological polar surface area (TPSA) is 96.7 Å². The van der Waals surface area contributed by atoms with Gasteiger partial charge in [0.2, 0.25) is 0 Å². The number of Topliss-reactive ketones (excluding diaryl/α,β-unsaturated/α-hetero) is 1. The lowest BCUT2D eigenvalue weighted by atomic mass is 9.73. The van der Waals surface area contributed by atoms with E-state index in [-0.39, 0.29) is 18.1 Å². The largest absolute Gasteiger partial charge is 0.458 e. The normalized spacial score (nSPS) is 17.9. The molecule has 6 atom stereocenters. The Balaban J connectivity index is 2.74. The molecule has 6 nitrogen and oxygen atoms in total. The van der Waals surface area contributed by atoms with Gasteiger partial charge in [0.25, 0.3) is 0 Å². The molecule has 0 aliphatic carbocycles. The molecule has 0 spiro atoms. The van der Waals surface area contributed by atoms with Crippen LogP contribution in [0.15, 0.2) is 11.0 Å². The fourth-order valence-electron chi connectivity index (χ4n) is 4.18. The first-order valence-corrected chi connectivity index (χ1v) is 14.7.